The summed E-state index contributed by atoms with van der Waals surface area (Å²) < 4.78 is 36.1. The molecule has 1 unspecified atom stereocenters. The third-order valence-electron chi connectivity index (χ3n) is 5.78. The molecule has 1 atom stereocenters. The van der Waals surface area contributed by atoms with E-state index < -0.39 is 11.9 Å². The number of anilines is 1. The monoisotopic (exact) mass is 528 g/mol. The lowest BCUT2D eigenvalue weighted by molar-refractivity contribution is 0.0970. The van der Waals surface area contributed by atoms with Crippen LogP contribution in [0.3, 0.4) is 0 Å². The largest absolute Gasteiger partial charge is 0.497 e. The molecule has 3 aromatic carbocycles. The molecule has 0 aliphatic rings. The van der Waals surface area contributed by atoms with E-state index in [2.05, 4.69) is 10.3 Å². The highest BCUT2D eigenvalue weighted by molar-refractivity contribution is 6.30. The molecule has 37 heavy (non-hydrogen) atoms. The fourth-order valence-corrected chi connectivity index (χ4v) is 4.20. The van der Waals surface area contributed by atoms with Gasteiger partial charge in [-0.05, 0) is 18.2 Å². The van der Waals surface area contributed by atoms with E-state index in [1.807, 2.05) is 0 Å². The lowest BCUT2D eigenvalue weighted by atomic mass is 9.95. The van der Waals surface area contributed by atoms with Crippen molar-refractivity contribution in [1.82, 2.24) is 4.98 Å². The van der Waals surface area contributed by atoms with E-state index in [9.17, 15) is 9.18 Å². The Balaban J connectivity index is 1.82. The lowest BCUT2D eigenvalue weighted by Gasteiger charge is -2.22. The molecular weight excluding hydrogens is 503 g/mol. The third kappa shape index (κ3) is 5.58. The van der Waals surface area contributed by atoms with Gasteiger partial charge in [0.2, 0.25) is 0 Å². The van der Waals surface area contributed by atoms with Crippen LogP contribution in [-0.2, 0) is 0 Å². The number of carbonyl (C=O) groups is 1. The number of H-pyrrole nitrogens is 1. The maximum atomic E-state index is 14.6. The second kappa shape index (κ2) is 11.4. The van der Waals surface area contributed by atoms with Gasteiger partial charge in [0, 0.05) is 57.7 Å². The number of aliphatic hydroxyl groups excluding tert-OH is 1. The molecule has 0 saturated carbocycles. The van der Waals surface area contributed by atoms with E-state index in [4.69, 9.17) is 35.7 Å². The van der Waals surface area contributed by atoms with Crippen molar-refractivity contribution in [2.75, 3.05) is 39.9 Å². The van der Waals surface area contributed by atoms with E-state index in [-0.39, 0.29) is 30.3 Å². The first-order valence-electron chi connectivity index (χ1n) is 11.3. The maximum absolute atomic E-state index is 14.6. The molecule has 194 valence electrons. The number of aromatic amines is 1. The van der Waals surface area contributed by atoms with Crippen LogP contribution in [0.4, 0.5) is 10.1 Å². The molecule has 10 heteroatoms. The predicted molar refractivity (Wildman–Crippen MR) is 139 cm³/mol. The number of Topliss-reactive ketones (excluding diaryl/α,β-unsaturated/α-hetero) is 1. The fraction of sp³-hybridized carbons (Fsp3) is 0.222. The second-order valence-corrected chi connectivity index (χ2v) is 8.47. The number of nitrogens with one attached hydrogen (secondary N) is 2. The van der Waals surface area contributed by atoms with Gasteiger partial charge in [-0.3, -0.25) is 4.79 Å². The van der Waals surface area contributed by atoms with Crippen molar-refractivity contribution in [3.63, 3.8) is 0 Å². The third-order valence-corrected chi connectivity index (χ3v) is 6.01. The van der Waals surface area contributed by atoms with Gasteiger partial charge < -0.3 is 34.4 Å². The first-order valence-corrected chi connectivity index (χ1v) is 11.7. The Morgan fingerprint density at radius 3 is 2.49 bits per heavy atom. The predicted octanol–water partition coefficient (Wildman–Crippen LogP) is 5.39. The maximum Gasteiger partial charge on any atom is 0.191 e. The van der Waals surface area contributed by atoms with E-state index in [0.717, 1.165) is 0 Å². The number of ketones is 1. The first-order chi connectivity index (χ1) is 17.9. The van der Waals surface area contributed by atoms with E-state index in [0.29, 0.717) is 44.4 Å². The summed E-state index contributed by atoms with van der Waals surface area (Å²) in [6, 6.07) is 11.8. The zero-order chi connectivity index (χ0) is 26.5. The summed E-state index contributed by atoms with van der Waals surface area (Å²) >= 11 is 6.18. The standard InChI is InChI=1S/C27H26ClFN2O6/c1-34-17-9-16(10-18(11-17)37-7-6-32)31-26(19-5-4-15(28)8-24(19)35-2)27(33)21-14-30-23-13-25(36-3)22(29)12-20(21)23/h4-5,8-14,26,30-32H,6-7H2,1-3H3. The number of hydrogen-bond acceptors (Lipinski definition) is 7. The minimum atomic E-state index is -0.964. The van der Waals surface area contributed by atoms with Crippen molar-refractivity contribution in [2.24, 2.45) is 0 Å². The molecule has 4 aromatic rings. The normalized spacial score (nSPS) is 11.7. The Kier molecular flexibility index (Phi) is 8.05. The van der Waals surface area contributed by atoms with Crippen LogP contribution >= 0.6 is 11.6 Å². The number of carbonyl (C=O) groups excluding carboxylic acids is 1. The summed E-state index contributed by atoms with van der Waals surface area (Å²) in [5, 5.41) is 13.2. The molecular formula is C27H26ClFN2O6. The first kappa shape index (κ1) is 26.1. The molecule has 1 heterocycles. The highest BCUT2D eigenvalue weighted by Gasteiger charge is 2.28. The molecule has 8 nitrogen and oxygen atoms in total. The molecule has 0 aliphatic heterocycles. The molecule has 0 radical (unpaired) electrons. The lowest BCUT2D eigenvalue weighted by Crippen LogP contribution is -2.22. The van der Waals surface area contributed by atoms with Gasteiger partial charge in [-0.2, -0.15) is 0 Å². The topological polar surface area (TPSA) is 102 Å². The van der Waals surface area contributed by atoms with Crippen LogP contribution in [0.25, 0.3) is 10.9 Å². The quantitative estimate of drug-likeness (QED) is 0.224. The number of ether oxygens (including phenoxy) is 4. The number of halogens is 2. The molecule has 1 aromatic heterocycles. The average molecular weight is 529 g/mol. The van der Waals surface area contributed by atoms with Crippen LogP contribution in [0.2, 0.25) is 5.02 Å². The van der Waals surface area contributed by atoms with Crippen molar-refractivity contribution in [2.45, 2.75) is 6.04 Å². The van der Waals surface area contributed by atoms with Gasteiger partial charge in [-0.1, -0.05) is 17.7 Å². The number of rotatable bonds is 11. The number of methoxy groups -OCH3 is 3. The Morgan fingerprint density at radius 2 is 1.78 bits per heavy atom. The molecule has 4 rings (SSSR count). The summed E-state index contributed by atoms with van der Waals surface area (Å²) in [6.07, 6.45) is 1.53. The summed E-state index contributed by atoms with van der Waals surface area (Å²) in [5.41, 5.74) is 1.84. The Hall–Kier alpha value is -3.95. The van der Waals surface area contributed by atoms with Gasteiger partial charge in [-0.15, -0.1) is 0 Å². The average Bonchev–Trinajstić information content (AvgIpc) is 3.32. The minimum absolute atomic E-state index is 0.0641. The number of aromatic nitrogens is 1. The van der Waals surface area contributed by atoms with Gasteiger partial charge in [-0.25, -0.2) is 4.39 Å². The Labute approximate surface area is 217 Å². The van der Waals surface area contributed by atoms with Crippen LogP contribution in [0.1, 0.15) is 22.0 Å². The molecule has 0 bridgehead atoms. The summed E-state index contributed by atoms with van der Waals surface area (Å²) in [7, 11) is 4.36. The summed E-state index contributed by atoms with van der Waals surface area (Å²) in [4.78, 5) is 17.1. The van der Waals surface area contributed by atoms with Crippen molar-refractivity contribution in [3.05, 3.63) is 76.7 Å². The molecule has 0 saturated heterocycles. The molecule has 0 amide bonds. The number of benzene rings is 3. The van der Waals surface area contributed by atoms with E-state index >= 15 is 0 Å². The van der Waals surface area contributed by atoms with Gasteiger partial charge >= 0.3 is 0 Å². The Morgan fingerprint density at radius 1 is 1.03 bits per heavy atom. The number of fused-ring (bicyclic) bond motifs is 1. The van der Waals surface area contributed by atoms with Crippen molar-refractivity contribution < 1.29 is 33.2 Å². The summed E-state index contributed by atoms with van der Waals surface area (Å²) in [5.74, 6) is 0.438. The highest BCUT2D eigenvalue weighted by Crippen LogP contribution is 2.37. The SMILES string of the molecule is COc1cc(NC(C(=O)c2c[nH]c3cc(OC)c(F)cc23)c2ccc(Cl)cc2OC)cc(OCCO)c1. The zero-order valence-corrected chi connectivity index (χ0v) is 21.2. The highest BCUT2D eigenvalue weighted by atomic mass is 35.5. The van der Waals surface area contributed by atoms with Crippen molar-refractivity contribution >= 4 is 34.0 Å². The van der Waals surface area contributed by atoms with E-state index in [1.165, 1.54) is 39.7 Å². The molecule has 3 N–H and O–H groups in total. The van der Waals surface area contributed by atoms with Crippen LogP contribution < -0.4 is 24.3 Å². The van der Waals surface area contributed by atoms with Crippen molar-refractivity contribution in [1.29, 1.82) is 0 Å². The second-order valence-electron chi connectivity index (χ2n) is 8.03. The van der Waals surface area contributed by atoms with Crippen LogP contribution in [0.5, 0.6) is 23.0 Å². The minimum Gasteiger partial charge on any atom is -0.497 e. The molecule has 0 fully saturated rings. The van der Waals surface area contributed by atoms with Crippen molar-refractivity contribution in [3.8, 4) is 23.0 Å². The van der Waals surface area contributed by atoms with E-state index in [1.54, 1.807) is 36.4 Å². The van der Waals surface area contributed by atoms with Gasteiger partial charge in [0.05, 0.1) is 33.5 Å². The fourth-order valence-electron chi connectivity index (χ4n) is 4.03. The summed E-state index contributed by atoms with van der Waals surface area (Å²) in [6.45, 7) is -0.0741. The van der Waals surface area contributed by atoms with Gasteiger partial charge in [0.1, 0.15) is 29.9 Å². The Bertz CT molecular complexity index is 1420. The number of hydrogen-bond donors (Lipinski definition) is 3. The smallest absolute Gasteiger partial charge is 0.191 e. The van der Waals surface area contributed by atoms with Gasteiger partial charge in [0.15, 0.2) is 17.3 Å². The zero-order valence-electron chi connectivity index (χ0n) is 20.4. The van der Waals surface area contributed by atoms with Gasteiger partial charge in [0.25, 0.3) is 0 Å². The van der Waals surface area contributed by atoms with Crippen LogP contribution in [0.15, 0.2) is 54.7 Å². The molecule has 0 spiro atoms. The molecule has 0 aliphatic carbocycles. The van der Waals surface area contributed by atoms with Crippen LogP contribution in [0, 0.1) is 5.82 Å². The number of aliphatic hydroxyl groups is 1. The van der Waals surface area contributed by atoms with Crippen LogP contribution in [-0.4, -0.2) is 50.4 Å².